The highest BCUT2D eigenvalue weighted by atomic mass is 16.5. The third kappa shape index (κ3) is 8.51. The molecule has 0 radical (unpaired) electrons. The summed E-state index contributed by atoms with van der Waals surface area (Å²) < 4.78 is 5.44. The Morgan fingerprint density at radius 2 is 1.60 bits per heavy atom. The summed E-state index contributed by atoms with van der Waals surface area (Å²) >= 11 is 0. The SMILES string of the molecule is CC(C)c1ccc(NC(=O)C(NCCN2CCOCC2)c2ccc(C=CC(=O)Nc3ccccc3N)cc2)cc1. The van der Waals surface area contributed by atoms with E-state index in [-0.39, 0.29) is 11.8 Å². The molecule has 3 aromatic carbocycles. The molecule has 4 rings (SSSR count). The predicted octanol–water partition coefficient (Wildman–Crippen LogP) is 4.65. The molecule has 0 aromatic heterocycles. The fourth-order valence-electron chi connectivity index (χ4n) is 4.48. The lowest BCUT2D eigenvalue weighted by Crippen LogP contribution is -2.42. The molecule has 1 aliphatic heterocycles. The third-order valence-corrected chi connectivity index (χ3v) is 6.90. The fourth-order valence-corrected chi connectivity index (χ4v) is 4.48. The number of nitrogens with one attached hydrogen (secondary N) is 3. The van der Waals surface area contributed by atoms with E-state index in [4.69, 9.17) is 10.5 Å². The molecule has 1 atom stereocenters. The summed E-state index contributed by atoms with van der Waals surface area (Å²) in [5.41, 5.74) is 10.7. The average Bonchev–Trinajstić information content (AvgIpc) is 2.96. The summed E-state index contributed by atoms with van der Waals surface area (Å²) in [6, 6.07) is 22.2. The van der Waals surface area contributed by atoms with Crippen LogP contribution < -0.4 is 21.7 Å². The summed E-state index contributed by atoms with van der Waals surface area (Å²) in [7, 11) is 0. The van der Waals surface area contributed by atoms with E-state index in [2.05, 4.69) is 34.7 Å². The number of rotatable bonds is 11. The molecule has 1 aliphatic rings. The van der Waals surface area contributed by atoms with Crippen molar-refractivity contribution in [2.24, 2.45) is 0 Å². The van der Waals surface area contributed by atoms with E-state index in [1.54, 1.807) is 18.2 Å². The molecule has 1 saturated heterocycles. The number of benzene rings is 3. The number of nitrogen functional groups attached to an aromatic ring is 1. The molecule has 1 unspecified atom stereocenters. The minimum atomic E-state index is -0.534. The third-order valence-electron chi connectivity index (χ3n) is 6.90. The van der Waals surface area contributed by atoms with Gasteiger partial charge in [0.1, 0.15) is 6.04 Å². The first-order valence-electron chi connectivity index (χ1n) is 13.8. The number of para-hydroxylation sites is 2. The lowest BCUT2D eigenvalue weighted by molar-refractivity contribution is -0.118. The van der Waals surface area contributed by atoms with Gasteiger partial charge < -0.3 is 26.4 Å². The van der Waals surface area contributed by atoms with Gasteiger partial charge in [-0.3, -0.25) is 14.5 Å². The van der Waals surface area contributed by atoms with Crippen molar-refractivity contribution >= 4 is 35.0 Å². The number of nitrogens with two attached hydrogens (primary N) is 1. The lowest BCUT2D eigenvalue weighted by Gasteiger charge is -2.27. The Hall–Kier alpha value is -3.98. The van der Waals surface area contributed by atoms with Crippen LogP contribution in [0.2, 0.25) is 0 Å². The normalized spacial score (nSPS) is 14.8. The Morgan fingerprint density at radius 3 is 2.27 bits per heavy atom. The highest BCUT2D eigenvalue weighted by molar-refractivity contribution is 6.03. The van der Waals surface area contributed by atoms with Crippen molar-refractivity contribution in [2.45, 2.75) is 25.8 Å². The van der Waals surface area contributed by atoms with Gasteiger partial charge in [-0.15, -0.1) is 0 Å². The summed E-state index contributed by atoms with van der Waals surface area (Å²) in [5, 5.41) is 9.29. The van der Waals surface area contributed by atoms with E-state index >= 15 is 0 Å². The maximum absolute atomic E-state index is 13.4. The molecule has 3 aromatic rings. The number of morpholine rings is 1. The minimum Gasteiger partial charge on any atom is -0.397 e. The molecule has 8 heteroatoms. The second kappa shape index (κ2) is 14.4. The van der Waals surface area contributed by atoms with Gasteiger partial charge in [-0.25, -0.2) is 0 Å². The van der Waals surface area contributed by atoms with Gasteiger partial charge in [0.25, 0.3) is 0 Å². The van der Waals surface area contributed by atoms with Crippen molar-refractivity contribution in [3.8, 4) is 0 Å². The molecule has 8 nitrogen and oxygen atoms in total. The standard InChI is InChI=1S/C32H39N5O3/c1-23(2)25-12-14-27(15-13-25)35-32(39)31(34-17-18-37-19-21-40-22-20-37)26-10-7-24(8-11-26)9-16-30(38)36-29-6-4-3-5-28(29)33/h3-16,23,31,34H,17-22,33H2,1-2H3,(H,35,39)(H,36,38). The van der Waals surface area contributed by atoms with Crippen LogP contribution in [0.1, 0.15) is 42.5 Å². The predicted molar refractivity (Wildman–Crippen MR) is 162 cm³/mol. The van der Waals surface area contributed by atoms with Crippen LogP contribution >= 0.6 is 0 Å². The maximum atomic E-state index is 13.4. The molecule has 40 heavy (non-hydrogen) atoms. The molecule has 0 bridgehead atoms. The number of anilines is 3. The number of hydrogen-bond donors (Lipinski definition) is 4. The van der Waals surface area contributed by atoms with Crippen molar-refractivity contribution in [3.05, 3.63) is 95.6 Å². The first-order chi connectivity index (χ1) is 19.4. The molecule has 0 spiro atoms. The van der Waals surface area contributed by atoms with Crippen molar-refractivity contribution in [2.75, 3.05) is 55.8 Å². The van der Waals surface area contributed by atoms with Crippen LogP contribution in [0.25, 0.3) is 6.08 Å². The zero-order valence-electron chi connectivity index (χ0n) is 23.2. The Kier molecular flexibility index (Phi) is 10.5. The monoisotopic (exact) mass is 541 g/mol. The van der Waals surface area contributed by atoms with Crippen molar-refractivity contribution < 1.29 is 14.3 Å². The molecule has 0 saturated carbocycles. The number of nitrogens with zero attached hydrogens (tertiary/aromatic N) is 1. The number of amides is 2. The maximum Gasteiger partial charge on any atom is 0.248 e. The average molecular weight is 542 g/mol. The van der Waals surface area contributed by atoms with E-state index in [0.29, 0.717) is 23.8 Å². The Labute approximate surface area is 236 Å². The van der Waals surface area contributed by atoms with Crippen LogP contribution in [0.4, 0.5) is 17.1 Å². The second-order valence-electron chi connectivity index (χ2n) is 10.2. The summed E-state index contributed by atoms with van der Waals surface area (Å²) in [4.78, 5) is 28.1. The highest BCUT2D eigenvalue weighted by Gasteiger charge is 2.21. The van der Waals surface area contributed by atoms with Gasteiger partial charge in [0.05, 0.1) is 24.6 Å². The van der Waals surface area contributed by atoms with Crippen LogP contribution in [0, 0.1) is 0 Å². The van der Waals surface area contributed by atoms with Gasteiger partial charge in [-0.1, -0.05) is 62.4 Å². The van der Waals surface area contributed by atoms with Crippen LogP contribution in [-0.2, 0) is 14.3 Å². The van der Waals surface area contributed by atoms with Gasteiger partial charge in [0.2, 0.25) is 11.8 Å². The van der Waals surface area contributed by atoms with Crippen molar-refractivity contribution in [1.82, 2.24) is 10.2 Å². The Morgan fingerprint density at radius 1 is 0.925 bits per heavy atom. The van der Waals surface area contributed by atoms with Crippen molar-refractivity contribution in [3.63, 3.8) is 0 Å². The molecular weight excluding hydrogens is 502 g/mol. The number of ether oxygens (including phenoxy) is 1. The van der Waals surface area contributed by atoms with Gasteiger partial charge in [0.15, 0.2) is 0 Å². The smallest absolute Gasteiger partial charge is 0.248 e. The topological polar surface area (TPSA) is 109 Å². The van der Waals surface area contributed by atoms with Gasteiger partial charge in [-0.05, 0) is 52.9 Å². The van der Waals surface area contributed by atoms with Gasteiger partial charge >= 0.3 is 0 Å². The van der Waals surface area contributed by atoms with E-state index in [1.165, 1.54) is 11.6 Å². The van der Waals surface area contributed by atoms with Crippen LogP contribution in [0.5, 0.6) is 0 Å². The van der Waals surface area contributed by atoms with Crippen molar-refractivity contribution in [1.29, 1.82) is 0 Å². The van der Waals surface area contributed by atoms with Gasteiger partial charge in [-0.2, -0.15) is 0 Å². The van der Waals surface area contributed by atoms with Gasteiger partial charge in [0, 0.05) is 37.9 Å². The number of carbonyl (C=O) groups is 2. The molecule has 1 fully saturated rings. The number of carbonyl (C=O) groups excluding carboxylic acids is 2. The quantitative estimate of drug-likeness (QED) is 0.208. The van der Waals surface area contributed by atoms with Crippen LogP contribution in [-0.4, -0.2) is 56.1 Å². The Balaban J connectivity index is 1.42. The van der Waals surface area contributed by atoms with Crippen LogP contribution in [0.3, 0.4) is 0 Å². The van der Waals surface area contributed by atoms with E-state index in [0.717, 1.165) is 49.7 Å². The first-order valence-corrected chi connectivity index (χ1v) is 13.8. The summed E-state index contributed by atoms with van der Waals surface area (Å²) in [5.74, 6) is 0.0318. The van der Waals surface area contributed by atoms with E-state index in [1.807, 2.05) is 60.7 Å². The summed E-state index contributed by atoms with van der Waals surface area (Å²) in [6.45, 7) is 9.05. The van der Waals surface area contributed by atoms with Crippen LogP contribution in [0.15, 0.2) is 78.9 Å². The zero-order valence-corrected chi connectivity index (χ0v) is 23.2. The fraction of sp³-hybridized carbons (Fsp3) is 0.312. The molecule has 210 valence electrons. The molecule has 1 heterocycles. The molecule has 0 aliphatic carbocycles. The first kappa shape index (κ1) is 29.0. The lowest BCUT2D eigenvalue weighted by atomic mass is 10.0. The molecule has 2 amide bonds. The molecule has 5 N–H and O–H groups in total. The van der Waals surface area contributed by atoms with E-state index in [9.17, 15) is 9.59 Å². The minimum absolute atomic E-state index is 0.123. The second-order valence-corrected chi connectivity index (χ2v) is 10.2. The summed E-state index contributed by atoms with van der Waals surface area (Å²) in [6.07, 6.45) is 3.20. The highest BCUT2D eigenvalue weighted by Crippen LogP contribution is 2.21. The largest absolute Gasteiger partial charge is 0.397 e. The molecular formula is C32H39N5O3. The number of hydrogen-bond acceptors (Lipinski definition) is 6. The Bertz CT molecular complexity index is 1280. The van der Waals surface area contributed by atoms with E-state index < -0.39 is 6.04 Å². The zero-order chi connectivity index (χ0) is 28.3.